The Morgan fingerprint density at radius 1 is 1.00 bits per heavy atom. The fourth-order valence-corrected chi connectivity index (χ4v) is 3.52. The van der Waals surface area contributed by atoms with Gasteiger partial charge in [-0.05, 0) is 45.9 Å². The monoisotopic (exact) mass is 481 g/mol. The van der Waals surface area contributed by atoms with Crippen molar-refractivity contribution in [1.82, 2.24) is 4.98 Å². The van der Waals surface area contributed by atoms with Gasteiger partial charge in [0, 0.05) is 5.56 Å². The molecule has 0 bridgehead atoms. The number of pyridine rings is 1. The summed E-state index contributed by atoms with van der Waals surface area (Å²) in [6.45, 7) is 0.416. The van der Waals surface area contributed by atoms with Crippen LogP contribution < -0.4 is 14.2 Å². The molecule has 1 aromatic heterocycles. The molecule has 0 unspecified atom stereocenters. The number of rotatable bonds is 4. The number of halogens is 1. The average molecular weight is 481 g/mol. The molecule has 0 amide bonds. The van der Waals surface area contributed by atoms with Gasteiger partial charge in [-0.1, -0.05) is 36.4 Å². The third kappa shape index (κ3) is 3.32. The molecule has 3 aromatic rings. The first-order valence-corrected chi connectivity index (χ1v) is 9.39. The normalized spacial score (nSPS) is 11.5. The topological polar surface area (TPSA) is 88.2 Å². The third-order valence-electron chi connectivity index (χ3n) is 4.22. The largest absolute Gasteiger partial charge is 0.472 e. The zero-order chi connectivity index (χ0) is 19.5. The molecule has 4 rings (SSSR count). The van der Waals surface area contributed by atoms with Crippen LogP contribution in [0.5, 0.6) is 17.4 Å². The lowest BCUT2D eigenvalue weighted by Crippen LogP contribution is -2.05. The lowest BCUT2D eigenvalue weighted by atomic mass is 9.97. The first-order valence-electron chi connectivity index (χ1n) is 8.31. The van der Waals surface area contributed by atoms with E-state index >= 15 is 0 Å². The highest BCUT2D eigenvalue weighted by Crippen LogP contribution is 2.40. The van der Waals surface area contributed by atoms with Crippen molar-refractivity contribution in [2.45, 2.75) is 6.61 Å². The second-order valence-corrected chi connectivity index (χ2v) is 6.92. The van der Waals surface area contributed by atoms with E-state index in [4.69, 9.17) is 14.2 Å². The van der Waals surface area contributed by atoms with Crippen LogP contribution in [0.3, 0.4) is 0 Å². The number of nitriles is 2. The number of aromatic nitrogens is 1. The molecule has 0 radical (unpaired) electrons. The fourth-order valence-electron chi connectivity index (χ4n) is 2.91. The van der Waals surface area contributed by atoms with Crippen LogP contribution in [-0.4, -0.2) is 11.8 Å². The Kier molecular flexibility index (Phi) is 5.00. The lowest BCUT2D eigenvalue weighted by molar-refractivity contribution is 0.174. The van der Waals surface area contributed by atoms with Gasteiger partial charge in [0.1, 0.15) is 28.0 Å². The summed E-state index contributed by atoms with van der Waals surface area (Å²) < 4.78 is 17.1. The number of benzene rings is 2. The Hall–Kier alpha value is -3.30. The van der Waals surface area contributed by atoms with Crippen molar-refractivity contribution in [1.29, 1.82) is 10.5 Å². The summed E-state index contributed by atoms with van der Waals surface area (Å²) in [7, 11) is 0. The Bertz CT molecular complexity index is 1130. The Morgan fingerprint density at radius 3 is 2.50 bits per heavy atom. The molecular formula is C21H12IN3O3. The lowest BCUT2D eigenvalue weighted by Gasteiger charge is -2.14. The van der Waals surface area contributed by atoms with Crippen molar-refractivity contribution in [3.8, 4) is 40.6 Å². The third-order valence-corrected chi connectivity index (χ3v) is 5.00. The summed E-state index contributed by atoms with van der Waals surface area (Å²) in [4.78, 5) is 4.35. The molecule has 1 aliphatic heterocycles. The van der Waals surface area contributed by atoms with Crippen LogP contribution in [0.4, 0.5) is 0 Å². The summed E-state index contributed by atoms with van der Waals surface area (Å²) in [5.74, 6) is 1.40. The molecule has 2 aromatic carbocycles. The molecule has 0 aliphatic carbocycles. The van der Waals surface area contributed by atoms with E-state index in [-0.39, 0.29) is 24.8 Å². The highest BCUT2D eigenvalue weighted by atomic mass is 127. The summed E-state index contributed by atoms with van der Waals surface area (Å²) in [6.07, 6.45) is 0. The van der Waals surface area contributed by atoms with E-state index in [1.165, 1.54) is 0 Å². The molecule has 6 nitrogen and oxygen atoms in total. The van der Waals surface area contributed by atoms with Gasteiger partial charge in [-0.15, -0.1) is 0 Å². The molecule has 0 atom stereocenters. The van der Waals surface area contributed by atoms with Crippen LogP contribution in [0, 0.1) is 26.4 Å². The van der Waals surface area contributed by atoms with Gasteiger partial charge in [0.15, 0.2) is 11.5 Å². The standard InChI is InChI=1S/C21H12IN3O3/c22-20-15(9-23)19(14-6-7-17-18(8-14)28-12-27-17)16(10-24)21(25-20)26-11-13-4-2-1-3-5-13/h1-8H,11-12H2. The summed E-state index contributed by atoms with van der Waals surface area (Å²) >= 11 is 1.98. The maximum absolute atomic E-state index is 9.82. The Morgan fingerprint density at radius 2 is 1.75 bits per heavy atom. The maximum atomic E-state index is 9.82. The van der Waals surface area contributed by atoms with Crippen molar-refractivity contribution < 1.29 is 14.2 Å². The molecule has 0 saturated heterocycles. The van der Waals surface area contributed by atoms with E-state index in [0.29, 0.717) is 31.9 Å². The SMILES string of the molecule is N#Cc1c(I)nc(OCc2ccccc2)c(C#N)c1-c1ccc2c(c1)OCO2. The minimum absolute atomic E-state index is 0.147. The van der Waals surface area contributed by atoms with E-state index in [9.17, 15) is 10.5 Å². The van der Waals surface area contributed by atoms with Gasteiger partial charge >= 0.3 is 0 Å². The van der Waals surface area contributed by atoms with Crippen molar-refractivity contribution in [3.05, 3.63) is 68.9 Å². The maximum Gasteiger partial charge on any atom is 0.233 e. The van der Waals surface area contributed by atoms with Gasteiger partial charge in [-0.25, -0.2) is 4.98 Å². The molecule has 0 spiro atoms. The van der Waals surface area contributed by atoms with Crippen LogP contribution in [0.2, 0.25) is 0 Å². The predicted octanol–water partition coefficient (Wildman–Crippen LogP) is 4.40. The van der Waals surface area contributed by atoms with Crippen molar-refractivity contribution in [2.75, 3.05) is 6.79 Å². The smallest absolute Gasteiger partial charge is 0.233 e. The molecule has 28 heavy (non-hydrogen) atoms. The summed E-state index contributed by atoms with van der Waals surface area (Å²) in [6, 6.07) is 19.2. The van der Waals surface area contributed by atoms with E-state index in [0.717, 1.165) is 5.56 Å². The minimum atomic E-state index is 0.147. The van der Waals surface area contributed by atoms with Gasteiger partial charge in [0.05, 0.1) is 5.56 Å². The van der Waals surface area contributed by atoms with Gasteiger partial charge in [-0.2, -0.15) is 10.5 Å². The first kappa shape index (κ1) is 18.1. The molecule has 0 fully saturated rings. The van der Waals surface area contributed by atoms with Gasteiger partial charge in [0.2, 0.25) is 12.7 Å². The van der Waals surface area contributed by atoms with E-state index in [2.05, 4.69) is 17.1 Å². The molecule has 7 heteroatoms. The number of ether oxygens (including phenoxy) is 3. The zero-order valence-electron chi connectivity index (χ0n) is 14.5. The van der Waals surface area contributed by atoms with Crippen molar-refractivity contribution in [2.24, 2.45) is 0 Å². The minimum Gasteiger partial charge on any atom is -0.472 e. The molecule has 1 aliphatic rings. The van der Waals surface area contributed by atoms with Crippen molar-refractivity contribution >= 4 is 22.6 Å². The van der Waals surface area contributed by atoms with Crippen LogP contribution in [0.25, 0.3) is 11.1 Å². The number of nitrogens with zero attached hydrogens (tertiary/aromatic N) is 3. The van der Waals surface area contributed by atoms with Crippen molar-refractivity contribution in [3.63, 3.8) is 0 Å². The Balaban J connectivity index is 1.81. The Labute approximate surface area is 175 Å². The molecule has 0 N–H and O–H groups in total. The zero-order valence-corrected chi connectivity index (χ0v) is 16.6. The first-order chi connectivity index (χ1) is 13.7. The van der Waals surface area contributed by atoms with Crippen LogP contribution >= 0.6 is 22.6 Å². The van der Waals surface area contributed by atoms with E-state index < -0.39 is 0 Å². The van der Waals surface area contributed by atoms with E-state index in [1.807, 2.05) is 52.9 Å². The molecular weight excluding hydrogens is 469 g/mol. The van der Waals surface area contributed by atoms with Crippen LogP contribution in [0.15, 0.2) is 48.5 Å². The second kappa shape index (κ2) is 7.75. The molecule has 2 heterocycles. The van der Waals surface area contributed by atoms with Crippen LogP contribution in [0.1, 0.15) is 16.7 Å². The highest BCUT2D eigenvalue weighted by molar-refractivity contribution is 14.1. The molecule has 136 valence electrons. The van der Waals surface area contributed by atoms with Crippen LogP contribution in [-0.2, 0) is 6.61 Å². The summed E-state index contributed by atoms with van der Waals surface area (Å²) in [5, 5.41) is 19.5. The average Bonchev–Trinajstić information content (AvgIpc) is 3.20. The fraction of sp³-hybridized carbons (Fsp3) is 0.0952. The molecule has 0 saturated carbocycles. The van der Waals surface area contributed by atoms with Gasteiger partial charge in [-0.3, -0.25) is 0 Å². The summed E-state index contributed by atoms with van der Waals surface area (Å²) in [5.41, 5.74) is 2.64. The van der Waals surface area contributed by atoms with E-state index in [1.54, 1.807) is 18.2 Å². The number of hydrogen-bond acceptors (Lipinski definition) is 6. The highest BCUT2D eigenvalue weighted by Gasteiger charge is 2.23. The van der Waals surface area contributed by atoms with Gasteiger partial charge in [0.25, 0.3) is 0 Å². The predicted molar refractivity (Wildman–Crippen MR) is 109 cm³/mol. The van der Waals surface area contributed by atoms with Gasteiger partial charge < -0.3 is 14.2 Å². The number of hydrogen-bond donors (Lipinski definition) is 0. The quantitative estimate of drug-likeness (QED) is 0.406. The number of fused-ring (bicyclic) bond motifs is 1. The second-order valence-electron chi connectivity index (χ2n) is 5.90.